The quantitative estimate of drug-likeness (QED) is 0.309. The minimum absolute atomic E-state index is 0.236. The van der Waals surface area contributed by atoms with Gasteiger partial charge in [-0.05, 0) is 48.5 Å². The van der Waals surface area contributed by atoms with Crippen LogP contribution >= 0.6 is 0 Å². The molecule has 148 valence electrons. The van der Waals surface area contributed by atoms with Gasteiger partial charge in [-0.15, -0.1) is 0 Å². The van der Waals surface area contributed by atoms with Crippen molar-refractivity contribution < 1.29 is 4.39 Å². The molecular formula is C26H23FN2Si. The predicted octanol–water partition coefficient (Wildman–Crippen LogP) is 6.53. The molecule has 0 atom stereocenters. The molecule has 0 bridgehead atoms. The number of fused-ring (bicyclic) bond motifs is 3. The molecule has 0 aliphatic carbocycles. The SMILES string of the molecule is C[Si](C)(C)c1cc2c(-c3ccc(F)cc3)nc3ccccc3c2n1-c1ccccc1. The lowest BCUT2D eigenvalue weighted by atomic mass is 10.0. The zero-order valence-electron chi connectivity index (χ0n) is 17.4. The number of hydrogen-bond donors (Lipinski definition) is 0. The number of para-hydroxylation sites is 2. The summed E-state index contributed by atoms with van der Waals surface area (Å²) in [5.41, 5.74) is 5.11. The van der Waals surface area contributed by atoms with Gasteiger partial charge in [0.25, 0.3) is 0 Å². The van der Waals surface area contributed by atoms with E-state index >= 15 is 0 Å². The summed E-state index contributed by atoms with van der Waals surface area (Å²) in [7, 11) is -1.69. The number of halogens is 1. The highest BCUT2D eigenvalue weighted by atomic mass is 28.3. The summed E-state index contributed by atoms with van der Waals surface area (Å²) >= 11 is 0. The smallest absolute Gasteiger partial charge is 0.123 e. The van der Waals surface area contributed by atoms with Gasteiger partial charge in [0, 0.05) is 27.3 Å². The molecule has 0 N–H and O–H groups in total. The summed E-state index contributed by atoms with van der Waals surface area (Å²) in [6, 6.07) is 27.8. The normalized spacial score (nSPS) is 12.0. The third kappa shape index (κ3) is 3.04. The van der Waals surface area contributed by atoms with Crippen molar-refractivity contribution in [2.45, 2.75) is 19.6 Å². The zero-order chi connectivity index (χ0) is 20.9. The molecule has 2 nitrogen and oxygen atoms in total. The van der Waals surface area contributed by atoms with Gasteiger partial charge in [0.2, 0.25) is 0 Å². The zero-order valence-corrected chi connectivity index (χ0v) is 18.4. The molecular weight excluding hydrogens is 387 g/mol. The Bertz CT molecular complexity index is 1360. The minimum atomic E-state index is -1.69. The Balaban J connectivity index is 1.99. The van der Waals surface area contributed by atoms with Crippen LogP contribution in [-0.4, -0.2) is 17.6 Å². The molecule has 3 aromatic carbocycles. The van der Waals surface area contributed by atoms with Crippen molar-refractivity contribution in [3.05, 3.63) is 90.7 Å². The Labute approximate surface area is 176 Å². The monoisotopic (exact) mass is 410 g/mol. The number of rotatable bonds is 3. The van der Waals surface area contributed by atoms with Crippen LogP contribution in [-0.2, 0) is 0 Å². The maximum Gasteiger partial charge on any atom is 0.123 e. The van der Waals surface area contributed by atoms with E-state index in [1.807, 2.05) is 24.3 Å². The lowest BCUT2D eigenvalue weighted by Gasteiger charge is -2.21. The van der Waals surface area contributed by atoms with Crippen LogP contribution in [0.2, 0.25) is 19.6 Å². The van der Waals surface area contributed by atoms with E-state index in [0.29, 0.717) is 0 Å². The highest BCUT2D eigenvalue weighted by Crippen LogP contribution is 2.35. The predicted molar refractivity (Wildman–Crippen MR) is 127 cm³/mol. The first-order valence-electron chi connectivity index (χ1n) is 10.2. The maximum absolute atomic E-state index is 13.6. The van der Waals surface area contributed by atoms with Crippen molar-refractivity contribution in [2.24, 2.45) is 0 Å². The van der Waals surface area contributed by atoms with E-state index in [2.05, 4.69) is 72.7 Å². The van der Waals surface area contributed by atoms with Crippen LogP contribution in [0.15, 0.2) is 84.9 Å². The average molecular weight is 411 g/mol. The first-order valence-corrected chi connectivity index (χ1v) is 13.7. The Morgan fingerprint density at radius 3 is 2.13 bits per heavy atom. The summed E-state index contributed by atoms with van der Waals surface area (Å²) in [6.07, 6.45) is 0. The number of aromatic nitrogens is 2. The van der Waals surface area contributed by atoms with Crippen molar-refractivity contribution in [3.63, 3.8) is 0 Å². The summed E-state index contributed by atoms with van der Waals surface area (Å²) in [5.74, 6) is -0.236. The molecule has 0 aliphatic heterocycles. The van der Waals surface area contributed by atoms with Gasteiger partial charge in [-0.2, -0.15) is 0 Å². The first kappa shape index (κ1) is 18.8. The van der Waals surface area contributed by atoms with E-state index in [1.54, 1.807) is 0 Å². The molecule has 0 aliphatic rings. The van der Waals surface area contributed by atoms with E-state index in [0.717, 1.165) is 33.2 Å². The fourth-order valence-corrected chi connectivity index (χ4v) is 5.62. The molecule has 0 radical (unpaired) electrons. The van der Waals surface area contributed by atoms with Crippen LogP contribution in [0.1, 0.15) is 0 Å². The van der Waals surface area contributed by atoms with Gasteiger partial charge in [0.1, 0.15) is 5.82 Å². The van der Waals surface area contributed by atoms with Crippen molar-refractivity contribution >= 4 is 35.2 Å². The molecule has 4 heteroatoms. The minimum Gasteiger partial charge on any atom is -0.317 e. The van der Waals surface area contributed by atoms with Gasteiger partial charge in [-0.3, -0.25) is 0 Å². The van der Waals surface area contributed by atoms with Crippen LogP contribution in [0.5, 0.6) is 0 Å². The van der Waals surface area contributed by atoms with E-state index in [9.17, 15) is 4.39 Å². The van der Waals surface area contributed by atoms with Crippen LogP contribution < -0.4 is 5.32 Å². The molecule has 0 saturated heterocycles. The fraction of sp³-hybridized carbons (Fsp3) is 0.115. The van der Waals surface area contributed by atoms with Crippen molar-refractivity contribution in [1.29, 1.82) is 0 Å². The van der Waals surface area contributed by atoms with Gasteiger partial charge in [-0.25, -0.2) is 9.37 Å². The van der Waals surface area contributed by atoms with Crippen LogP contribution in [0.25, 0.3) is 38.8 Å². The number of nitrogens with zero attached hydrogens (tertiary/aromatic N) is 2. The molecule has 2 heterocycles. The molecule has 2 aromatic heterocycles. The van der Waals surface area contributed by atoms with Crippen LogP contribution in [0.4, 0.5) is 4.39 Å². The fourth-order valence-electron chi connectivity index (χ4n) is 4.13. The highest BCUT2D eigenvalue weighted by Gasteiger charge is 2.26. The van der Waals surface area contributed by atoms with Gasteiger partial charge in [-0.1, -0.05) is 56.0 Å². The molecule has 0 amide bonds. The Morgan fingerprint density at radius 2 is 1.43 bits per heavy atom. The van der Waals surface area contributed by atoms with E-state index in [-0.39, 0.29) is 5.82 Å². The Hall–Kier alpha value is -3.24. The van der Waals surface area contributed by atoms with Gasteiger partial charge >= 0.3 is 0 Å². The van der Waals surface area contributed by atoms with Crippen molar-refractivity contribution in [2.75, 3.05) is 0 Å². The lowest BCUT2D eigenvalue weighted by molar-refractivity contribution is 0.628. The lowest BCUT2D eigenvalue weighted by Crippen LogP contribution is -2.42. The topological polar surface area (TPSA) is 17.8 Å². The molecule has 0 spiro atoms. The first-order chi connectivity index (χ1) is 14.4. The summed E-state index contributed by atoms with van der Waals surface area (Å²) in [6.45, 7) is 7.11. The van der Waals surface area contributed by atoms with Gasteiger partial charge < -0.3 is 4.57 Å². The Morgan fingerprint density at radius 1 is 0.767 bits per heavy atom. The number of pyridine rings is 1. The van der Waals surface area contributed by atoms with Gasteiger partial charge in [0.15, 0.2) is 0 Å². The molecule has 0 fully saturated rings. The molecule has 5 rings (SSSR count). The average Bonchev–Trinajstić information content (AvgIpc) is 3.16. The molecule has 0 unspecified atom stereocenters. The third-order valence-corrected chi connectivity index (χ3v) is 7.45. The molecule has 5 aromatic rings. The second kappa shape index (κ2) is 6.92. The summed E-state index contributed by atoms with van der Waals surface area (Å²) in [5, 5.41) is 3.60. The second-order valence-electron chi connectivity index (χ2n) is 8.70. The van der Waals surface area contributed by atoms with Gasteiger partial charge in [0.05, 0.1) is 24.8 Å². The molecule has 0 saturated carbocycles. The van der Waals surface area contributed by atoms with E-state index < -0.39 is 8.07 Å². The standard InChI is InChI=1S/C26H23FN2Si/c1-30(2,3)24-17-22-25(18-13-15-19(27)16-14-18)28-23-12-8-7-11-21(23)26(22)29(24)20-9-5-4-6-10-20/h4-17H,1-3H3. The van der Waals surface area contributed by atoms with E-state index in [1.165, 1.54) is 23.0 Å². The van der Waals surface area contributed by atoms with Crippen LogP contribution in [0, 0.1) is 5.82 Å². The van der Waals surface area contributed by atoms with Crippen LogP contribution in [0.3, 0.4) is 0 Å². The second-order valence-corrected chi connectivity index (χ2v) is 13.7. The largest absolute Gasteiger partial charge is 0.317 e. The van der Waals surface area contributed by atoms with E-state index in [4.69, 9.17) is 4.98 Å². The number of benzene rings is 3. The third-order valence-electron chi connectivity index (χ3n) is 5.55. The summed E-state index contributed by atoms with van der Waals surface area (Å²) < 4.78 is 16.0. The van der Waals surface area contributed by atoms with Crippen molar-refractivity contribution in [3.8, 4) is 16.9 Å². The molecule has 30 heavy (non-hydrogen) atoms. The maximum atomic E-state index is 13.6. The summed E-state index contributed by atoms with van der Waals surface area (Å²) in [4.78, 5) is 5.01. The number of hydrogen-bond acceptors (Lipinski definition) is 1. The van der Waals surface area contributed by atoms with Crippen molar-refractivity contribution in [1.82, 2.24) is 9.55 Å². The highest BCUT2D eigenvalue weighted by molar-refractivity contribution is 6.88. The Kier molecular flexibility index (Phi) is 4.33.